The van der Waals surface area contributed by atoms with Gasteiger partial charge in [-0.2, -0.15) is 13.2 Å². The van der Waals surface area contributed by atoms with E-state index in [1.165, 1.54) is 30.0 Å². The van der Waals surface area contributed by atoms with Crippen molar-refractivity contribution in [3.8, 4) is 0 Å². The highest BCUT2D eigenvalue weighted by Gasteiger charge is 2.38. The van der Waals surface area contributed by atoms with Gasteiger partial charge in [0.15, 0.2) is 0 Å². The zero-order valence-corrected chi connectivity index (χ0v) is 15.4. The van der Waals surface area contributed by atoms with Crippen molar-refractivity contribution in [2.24, 2.45) is 0 Å². The standard InChI is InChI=1S/C17H17F2NS.C2HF3O2/c18-13-3-1-4-14(11-13)21-16-6-2-5-15(19)17(16)12-7-9-20-10-8-12;3-2(4,5)1(6)7/h1-6,11-12,20H,7-10H2;(H,6,7). The third kappa shape index (κ3) is 6.49. The Hall–Kier alpha value is -2.13. The van der Waals surface area contributed by atoms with Crippen LogP contribution >= 0.6 is 11.8 Å². The van der Waals surface area contributed by atoms with E-state index in [1.54, 1.807) is 12.1 Å². The number of piperidine rings is 1. The Balaban J connectivity index is 0.000000345. The molecule has 28 heavy (non-hydrogen) atoms. The van der Waals surface area contributed by atoms with Gasteiger partial charge in [0.25, 0.3) is 0 Å². The number of rotatable bonds is 3. The highest BCUT2D eigenvalue weighted by molar-refractivity contribution is 7.99. The Labute approximate surface area is 162 Å². The van der Waals surface area contributed by atoms with Crippen molar-refractivity contribution in [2.45, 2.75) is 34.7 Å². The van der Waals surface area contributed by atoms with E-state index in [4.69, 9.17) is 9.90 Å². The van der Waals surface area contributed by atoms with Crippen LogP contribution in [0, 0.1) is 11.6 Å². The van der Waals surface area contributed by atoms with Crippen molar-refractivity contribution in [3.63, 3.8) is 0 Å². The lowest BCUT2D eigenvalue weighted by molar-refractivity contribution is -0.192. The molecule has 0 unspecified atom stereocenters. The van der Waals surface area contributed by atoms with Crippen LogP contribution in [0.5, 0.6) is 0 Å². The van der Waals surface area contributed by atoms with Gasteiger partial charge in [0.05, 0.1) is 0 Å². The zero-order valence-electron chi connectivity index (χ0n) is 14.6. The van der Waals surface area contributed by atoms with Crippen molar-refractivity contribution in [3.05, 3.63) is 59.7 Å². The van der Waals surface area contributed by atoms with E-state index in [9.17, 15) is 22.0 Å². The van der Waals surface area contributed by atoms with E-state index >= 15 is 0 Å². The second kappa shape index (κ2) is 9.88. The number of nitrogens with one attached hydrogen (secondary N) is 1. The number of alkyl halides is 3. The number of hydrogen-bond donors (Lipinski definition) is 2. The van der Waals surface area contributed by atoms with Gasteiger partial charge in [-0.1, -0.05) is 23.9 Å². The quantitative estimate of drug-likeness (QED) is 0.670. The van der Waals surface area contributed by atoms with Crippen LogP contribution in [0.2, 0.25) is 0 Å². The molecule has 152 valence electrons. The fourth-order valence-corrected chi connectivity index (χ4v) is 3.86. The van der Waals surface area contributed by atoms with E-state index in [2.05, 4.69) is 5.32 Å². The first-order chi connectivity index (χ1) is 13.2. The molecule has 1 heterocycles. The predicted molar refractivity (Wildman–Crippen MR) is 95.5 cm³/mol. The Kier molecular flexibility index (Phi) is 7.82. The van der Waals surface area contributed by atoms with Gasteiger partial charge in [0.1, 0.15) is 11.6 Å². The number of benzene rings is 2. The van der Waals surface area contributed by atoms with Crippen LogP contribution in [0.15, 0.2) is 52.3 Å². The molecule has 9 heteroatoms. The van der Waals surface area contributed by atoms with Crippen molar-refractivity contribution in [1.82, 2.24) is 5.32 Å². The zero-order chi connectivity index (χ0) is 20.7. The minimum absolute atomic E-state index is 0.150. The molecule has 0 saturated carbocycles. The minimum Gasteiger partial charge on any atom is -0.475 e. The van der Waals surface area contributed by atoms with E-state index in [0.717, 1.165) is 41.3 Å². The Morgan fingerprint density at radius 2 is 1.68 bits per heavy atom. The largest absolute Gasteiger partial charge is 0.490 e. The van der Waals surface area contributed by atoms with Crippen LogP contribution in [0.25, 0.3) is 0 Å². The van der Waals surface area contributed by atoms with Gasteiger partial charge in [0, 0.05) is 15.4 Å². The maximum atomic E-state index is 14.3. The molecular formula is C19H18F5NO2S. The molecule has 2 aromatic rings. The Bertz CT molecular complexity index is 807. The number of hydrogen-bond acceptors (Lipinski definition) is 3. The fraction of sp³-hybridized carbons (Fsp3) is 0.316. The molecule has 0 spiro atoms. The predicted octanol–water partition coefficient (Wildman–Crippen LogP) is 5.22. The summed E-state index contributed by atoms with van der Waals surface area (Å²) in [7, 11) is 0. The molecule has 0 amide bonds. The third-order valence-corrected chi connectivity index (χ3v) is 5.09. The van der Waals surface area contributed by atoms with E-state index in [1.807, 2.05) is 12.1 Å². The molecule has 0 bridgehead atoms. The van der Waals surface area contributed by atoms with Crippen LogP contribution in [-0.2, 0) is 4.79 Å². The summed E-state index contributed by atoms with van der Waals surface area (Å²) in [5, 5.41) is 10.4. The van der Waals surface area contributed by atoms with Gasteiger partial charge in [-0.05, 0) is 62.2 Å². The molecule has 0 aromatic heterocycles. The van der Waals surface area contributed by atoms with Gasteiger partial charge < -0.3 is 10.4 Å². The molecule has 3 nitrogen and oxygen atoms in total. The van der Waals surface area contributed by atoms with Crippen molar-refractivity contribution in [1.29, 1.82) is 0 Å². The van der Waals surface area contributed by atoms with Gasteiger partial charge in [-0.3, -0.25) is 0 Å². The molecule has 0 radical (unpaired) electrons. The van der Waals surface area contributed by atoms with Gasteiger partial charge >= 0.3 is 12.1 Å². The number of carboxylic acid groups (broad SMARTS) is 1. The molecule has 1 fully saturated rings. The average Bonchev–Trinajstić information content (AvgIpc) is 2.62. The van der Waals surface area contributed by atoms with Crippen molar-refractivity contribution in [2.75, 3.05) is 13.1 Å². The maximum absolute atomic E-state index is 14.3. The van der Waals surface area contributed by atoms with Crippen LogP contribution in [-0.4, -0.2) is 30.3 Å². The second-order valence-electron chi connectivity index (χ2n) is 6.04. The molecule has 2 aromatic carbocycles. The van der Waals surface area contributed by atoms with E-state index < -0.39 is 12.1 Å². The van der Waals surface area contributed by atoms with Crippen LogP contribution < -0.4 is 5.32 Å². The average molecular weight is 419 g/mol. The summed E-state index contributed by atoms with van der Waals surface area (Å²) >= 11 is 1.44. The molecule has 0 aliphatic carbocycles. The Morgan fingerprint density at radius 1 is 1.07 bits per heavy atom. The maximum Gasteiger partial charge on any atom is 0.490 e. The van der Waals surface area contributed by atoms with Crippen LogP contribution in [0.1, 0.15) is 24.3 Å². The monoisotopic (exact) mass is 419 g/mol. The van der Waals surface area contributed by atoms with Crippen molar-refractivity contribution >= 4 is 17.7 Å². The molecule has 0 atom stereocenters. The lowest BCUT2D eigenvalue weighted by atomic mass is 9.90. The van der Waals surface area contributed by atoms with Crippen molar-refractivity contribution < 1.29 is 31.9 Å². The SMILES string of the molecule is Fc1cccc(Sc2cccc(F)c2C2CCNCC2)c1.O=C(O)C(F)(F)F. The summed E-state index contributed by atoms with van der Waals surface area (Å²) in [6.45, 7) is 1.84. The summed E-state index contributed by atoms with van der Waals surface area (Å²) in [6.07, 6.45) is -3.20. The first kappa shape index (κ1) is 22.2. The number of aliphatic carboxylic acids is 1. The van der Waals surface area contributed by atoms with Crippen LogP contribution in [0.4, 0.5) is 22.0 Å². The van der Waals surface area contributed by atoms with Gasteiger partial charge in [0.2, 0.25) is 0 Å². The highest BCUT2D eigenvalue weighted by Crippen LogP contribution is 2.38. The van der Waals surface area contributed by atoms with Gasteiger partial charge in [-0.15, -0.1) is 0 Å². The molecule has 1 saturated heterocycles. The highest BCUT2D eigenvalue weighted by atomic mass is 32.2. The van der Waals surface area contributed by atoms with E-state index in [0.29, 0.717) is 0 Å². The first-order valence-electron chi connectivity index (χ1n) is 8.41. The normalized spacial score (nSPS) is 14.9. The summed E-state index contributed by atoms with van der Waals surface area (Å²) in [5.74, 6) is -2.93. The summed E-state index contributed by atoms with van der Waals surface area (Å²) < 4.78 is 59.4. The smallest absolute Gasteiger partial charge is 0.475 e. The van der Waals surface area contributed by atoms with Gasteiger partial charge in [-0.25, -0.2) is 13.6 Å². The molecule has 1 aliphatic heterocycles. The fourth-order valence-electron chi connectivity index (χ4n) is 2.77. The molecule has 3 rings (SSSR count). The lowest BCUT2D eigenvalue weighted by Crippen LogP contribution is -2.27. The second-order valence-corrected chi connectivity index (χ2v) is 7.15. The number of carbonyl (C=O) groups is 1. The first-order valence-corrected chi connectivity index (χ1v) is 9.23. The van der Waals surface area contributed by atoms with Crippen LogP contribution in [0.3, 0.4) is 0 Å². The van der Waals surface area contributed by atoms with E-state index in [-0.39, 0.29) is 17.6 Å². The number of carboxylic acids is 1. The molecular weight excluding hydrogens is 401 g/mol. The summed E-state index contributed by atoms with van der Waals surface area (Å²) in [6, 6.07) is 11.6. The summed E-state index contributed by atoms with van der Waals surface area (Å²) in [5.41, 5.74) is 0.785. The molecule has 2 N–H and O–H groups in total. The molecule has 1 aliphatic rings. The summed E-state index contributed by atoms with van der Waals surface area (Å²) in [4.78, 5) is 10.6. The minimum atomic E-state index is -5.08. The topological polar surface area (TPSA) is 49.3 Å². The Morgan fingerprint density at radius 3 is 2.25 bits per heavy atom. The lowest BCUT2D eigenvalue weighted by Gasteiger charge is -2.25. The number of halogens is 5. The third-order valence-electron chi connectivity index (χ3n) is 4.03.